The summed E-state index contributed by atoms with van der Waals surface area (Å²) in [5, 5.41) is 0. The molecule has 0 bridgehead atoms. The molecule has 4 nitrogen and oxygen atoms in total. The Morgan fingerprint density at radius 1 is 1.12 bits per heavy atom. The van der Waals surface area contributed by atoms with E-state index in [1.807, 2.05) is 20.8 Å². The fourth-order valence-electron chi connectivity index (χ4n) is 1.64. The standard InChI is InChI=1S/C12H23NO3/c1-12(2,3)16-10-9-15-11(14)13-7-5-4-6-8-13/h4-10H2,1-3H3. The monoisotopic (exact) mass is 229 g/mol. The highest BCUT2D eigenvalue weighted by atomic mass is 16.6. The van der Waals surface area contributed by atoms with Crippen LogP contribution in [0.4, 0.5) is 4.79 Å². The summed E-state index contributed by atoms with van der Waals surface area (Å²) in [5.74, 6) is 0. The predicted octanol–water partition coefficient (Wildman–Crippen LogP) is 2.42. The minimum atomic E-state index is -0.197. The van der Waals surface area contributed by atoms with Crippen molar-refractivity contribution in [1.29, 1.82) is 0 Å². The predicted molar refractivity (Wildman–Crippen MR) is 62.5 cm³/mol. The summed E-state index contributed by atoms with van der Waals surface area (Å²) in [4.78, 5) is 13.3. The SMILES string of the molecule is CC(C)(C)OCCOC(=O)N1CCCCC1. The molecule has 0 aromatic heterocycles. The van der Waals surface area contributed by atoms with Crippen LogP contribution in [0.25, 0.3) is 0 Å². The Bertz CT molecular complexity index is 217. The molecule has 1 rings (SSSR count). The lowest BCUT2D eigenvalue weighted by atomic mass is 10.1. The third-order valence-electron chi connectivity index (χ3n) is 2.46. The third-order valence-corrected chi connectivity index (χ3v) is 2.46. The first-order chi connectivity index (χ1) is 7.49. The number of amides is 1. The second-order valence-electron chi connectivity index (χ2n) is 5.12. The van der Waals surface area contributed by atoms with Crippen molar-refractivity contribution in [3.8, 4) is 0 Å². The number of hydrogen-bond donors (Lipinski definition) is 0. The van der Waals surface area contributed by atoms with Crippen LogP contribution in [0.2, 0.25) is 0 Å². The molecule has 1 aliphatic heterocycles. The molecule has 0 aromatic rings. The van der Waals surface area contributed by atoms with Crippen LogP contribution in [0.1, 0.15) is 40.0 Å². The first-order valence-electron chi connectivity index (χ1n) is 6.05. The highest BCUT2D eigenvalue weighted by Crippen LogP contribution is 2.10. The Kier molecular flexibility index (Phi) is 5.06. The highest BCUT2D eigenvalue weighted by Gasteiger charge is 2.17. The first kappa shape index (κ1) is 13.3. The summed E-state index contributed by atoms with van der Waals surface area (Å²) in [6.07, 6.45) is 3.20. The van der Waals surface area contributed by atoms with Gasteiger partial charge >= 0.3 is 6.09 Å². The maximum absolute atomic E-state index is 11.6. The largest absolute Gasteiger partial charge is 0.447 e. The van der Waals surface area contributed by atoms with E-state index >= 15 is 0 Å². The molecule has 0 N–H and O–H groups in total. The van der Waals surface area contributed by atoms with Gasteiger partial charge in [-0.15, -0.1) is 0 Å². The Balaban J connectivity index is 2.10. The van der Waals surface area contributed by atoms with E-state index in [0.717, 1.165) is 25.9 Å². The summed E-state index contributed by atoms with van der Waals surface area (Å²) < 4.78 is 10.6. The summed E-state index contributed by atoms with van der Waals surface area (Å²) in [6, 6.07) is 0. The van der Waals surface area contributed by atoms with E-state index in [-0.39, 0.29) is 11.7 Å². The Labute approximate surface area is 97.9 Å². The van der Waals surface area contributed by atoms with E-state index < -0.39 is 0 Å². The number of piperidine rings is 1. The smallest absolute Gasteiger partial charge is 0.409 e. The van der Waals surface area contributed by atoms with Crippen molar-refractivity contribution < 1.29 is 14.3 Å². The molecule has 16 heavy (non-hydrogen) atoms. The summed E-state index contributed by atoms with van der Waals surface area (Å²) >= 11 is 0. The van der Waals surface area contributed by atoms with Crippen LogP contribution < -0.4 is 0 Å². The maximum atomic E-state index is 11.6. The number of carbonyl (C=O) groups is 1. The number of hydrogen-bond acceptors (Lipinski definition) is 3. The first-order valence-corrected chi connectivity index (χ1v) is 6.05. The summed E-state index contributed by atoms with van der Waals surface area (Å²) in [5.41, 5.74) is -0.169. The lowest BCUT2D eigenvalue weighted by Crippen LogP contribution is -2.36. The fraction of sp³-hybridized carbons (Fsp3) is 0.917. The van der Waals surface area contributed by atoms with Crippen molar-refractivity contribution in [2.45, 2.75) is 45.6 Å². The molecule has 1 fully saturated rings. The molecular formula is C12H23NO3. The molecule has 0 spiro atoms. The molecule has 1 heterocycles. The van der Waals surface area contributed by atoms with Gasteiger partial charge in [0.15, 0.2) is 0 Å². The van der Waals surface area contributed by atoms with Gasteiger partial charge in [-0.05, 0) is 40.0 Å². The molecule has 94 valence electrons. The molecule has 1 saturated heterocycles. The van der Waals surface area contributed by atoms with Crippen LogP contribution in [0.15, 0.2) is 0 Å². The highest BCUT2D eigenvalue weighted by molar-refractivity contribution is 5.67. The van der Waals surface area contributed by atoms with Gasteiger partial charge < -0.3 is 14.4 Å². The average molecular weight is 229 g/mol. The molecule has 0 radical (unpaired) electrons. The van der Waals surface area contributed by atoms with E-state index in [2.05, 4.69) is 0 Å². The molecule has 0 unspecified atom stereocenters. The van der Waals surface area contributed by atoms with Crippen molar-refractivity contribution in [2.24, 2.45) is 0 Å². The normalized spacial score (nSPS) is 17.3. The quantitative estimate of drug-likeness (QED) is 0.698. The van der Waals surface area contributed by atoms with E-state index in [0.29, 0.717) is 13.2 Å². The van der Waals surface area contributed by atoms with Crippen molar-refractivity contribution >= 4 is 6.09 Å². The van der Waals surface area contributed by atoms with E-state index in [1.165, 1.54) is 6.42 Å². The van der Waals surface area contributed by atoms with Gasteiger partial charge in [0.2, 0.25) is 0 Å². The zero-order chi connectivity index (χ0) is 12.0. The van der Waals surface area contributed by atoms with Crippen LogP contribution in [0, 0.1) is 0 Å². The minimum Gasteiger partial charge on any atom is -0.447 e. The van der Waals surface area contributed by atoms with Crippen molar-refractivity contribution in [3.63, 3.8) is 0 Å². The molecular weight excluding hydrogens is 206 g/mol. The van der Waals surface area contributed by atoms with E-state index in [9.17, 15) is 4.79 Å². The van der Waals surface area contributed by atoms with Gasteiger partial charge in [-0.1, -0.05) is 0 Å². The van der Waals surface area contributed by atoms with Gasteiger partial charge in [-0.25, -0.2) is 4.79 Å². The maximum Gasteiger partial charge on any atom is 0.409 e. The molecule has 0 atom stereocenters. The van der Waals surface area contributed by atoms with E-state index in [4.69, 9.17) is 9.47 Å². The van der Waals surface area contributed by atoms with Gasteiger partial charge in [0, 0.05) is 13.1 Å². The van der Waals surface area contributed by atoms with Crippen molar-refractivity contribution in [2.75, 3.05) is 26.3 Å². The Morgan fingerprint density at radius 3 is 2.31 bits per heavy atom. The van der Waals surface area contributed by atoms with Crippen molar-refractivity contribution in [1.82, 2.24) is 4.90 Å². The van der Waals surface area contributed by atoms with Crippen LogP contribution in [0.3, 0.4) is 0 Å². The average Bonchev–Trinajstić information content (AvgIpc) is 2.24. The number of nitrogens with zero attached hydrogens (tertiary/aromatic N) is 1. The van der Waals surface area contributed by atoms with Gasteiger partial charge in [0.05, 0.1) is 12.2 Å². The zero-order valence-electron chi connectivity index (χ0n) is 10.6. The van der Waals surface area contributed by atoms with Gasteiger partial charge in [0.1, 0.15) is 6.61 Å². The third kappa shape index (κ3) is 5.35. The lowest BCUT2D eigenvalue weighted by Gasteiger charge is -2.26. The summed E-state index contributed by atoms with van der Waals surface area (Å²) in [6.45, 7) is 8.42. The Morgan fingerprint density at radius 2 is 1.75 bits per heavy atom. The van der Waals surface area contributed by atoms with Crippen LogP contribution >= 0.6 is 0 Å². The lowest BCUT2D eigenvalue weighted by molar-refractivity contribution is -0.0271. The van der Waals surface area contributed by atoms with Gasteiger partial charge in [-0.3, -0.25) is 0 Å². The fourth-order valence-corrected chi connectivity index (χ4v) is 1.64. The van der Waals surface area contributed by atoms with E-state index in [1.54, 1.807) is 4.90 Å². The number of carbonyl (C=O) groups excluding carboxylic acids is 1. The van der Waals surface area contributed by atoms with Crippen LogP contribution in [0.5, 0.6) is 0 Å². The molecule has 1 amide bonds. The molecule has 4 heteroatoms. The number of rotatable bonds is 3. The number of likely N-dealkylation sites (tertiary alicyclic amines) is 1. The summed E-state index contributed by atoms with van der Waals surface area (Å²) in [7, 11) is 0. The zero-order valence-corrected chi connectivity index (χ0v) is 10.6. The molecule has 0 aliphatic carbocycles. The second kappa shape index (κ2) is 6.09. The minimum absolute atomic E-state index is 0.169. The number of ether oxygens (including phenoxy) is 2. The molecule has 1 aliphatic rings. The van der Waals surface area contributed by atoms with Crippen molar-refractivity contribution in [3.05, 3.63) is 0 Å². The molecule has 0 saturated carbocycles. The molecule has 0 aromatic carbocycles. The second-order valence-corrected chi connectivity index (χ2v) is 5.12. The van der Waals surface area contributed by atoms with Crippen LogP contribution in [-0.2, 0) is 9.47 Å². The van der Waals surface area contributed by atoms with Gasteiger partial charge in [-0.2, -0.15) is 0 Å². The topological polar surface area (TPSA) is 38.8 Å². The van der Waals surface area contributed by atoms with Gasteiger partial charge in [0.25, 0.3) is 0 Å². The Hall–Kier alpha value is -0.770. The van der Waals surface area contributed by atoms with Crippen LogP contribution in [-0.4, -0.2) is 42.9 Å².